The lowest BCUT2D eigenvalue weighted by atomic mass is 9.50. The van der Waals surface area contributed by atoms with Crippen LogP contribution < -0.4 is 4.90 Å². The van der Waals surface area contributed by atoms with E-state index in [1.54, 1.807) is 41.3 Å². The molecule has 6 atom stereocenters. The molecule has 3 aromatic carbocycles. The molecule has 4 amide bonds. The van der Waals surface area contributed by atoms with E-state index in [0.29, 0.717) is 47.1 Å². The number of aliphatic hydroxyl groups excluding tert-OH is 1. The first kappa shape index (κ1) is 34.0. The molecule has 9 nitrogen and oxygen atoms in total. The summed E-state index contributed by atoms with van der Waals surface area (Å²) in [5.74, 6) is -3.63. The number of piperidine rings is 1. The normalized spacial score (nSPS) is 28.9. The second-order valence-corrected chi connectivity index (χ2v) is 15.5. The minimum absolute atomic E-state index is 0.136. The predicted octanol–water partition coefficient (Wildman–Crippen LogP) is 6.25. The van der Waals surface area contributed by atoms with Gasteiger partial charge < -0.3 is 9.52 Å². The predicted molar refractivity (Wildman–Crippen MR) is 197 cm³/mol. The van der Waals surface area contributed by atoms with Gasteiger partial charge in [0.05, 0.1) is 29.4 Å². The third kappa shape index (κ3) is 5.27. The van der Waals surface area contributed by atoms with Crippen LogP contribution in [0.25, 0.3) is 0 Å². The van der Waals surface area contributed by atoms with Crippen molar-refractivity contribution < 1.29 is 28.7 Å². The van der Waals surface area contributed by atoms with Gasteiger partial charge in [-0.1, -0.05) is 90.0 Å². The zero-order valence-corrected chi connectivity index (χ0v) is 29.9. The number of carbonyl (C=O) groups excluding carboxylic acids is 4. The van der Waals surface area contributed by atoms with Crippen molar-refractivity contribution in [3.8, 4) is 0 Å². The first-order valence-corrected chi connectivity index (χ1v) is 18.9. The topological polar surface area (TPSA) is 111 Å². The van der Waals surface area contributed by atoms with Crippen molar-refractivity contribution in [2.24, 2.45) is 23.7 Å². The summed E-state index contributed by atoms with van der Waals surface area (Å²) in [6.07, 6.45) is 4.01. The van der Waals surface area contributed by atoms with Crippen LogP contribution in [0.2, 0.25) is 5.02 Å². The number of imide groups is 2. The first-order valence-electron chi connectivity index (χ1n) is 18.5. The molecule has 9 rings (SSSR count). The lowest BCUT2D eigenvalue weighted by Gasteiger charge is -2.49. The SMILES string of the molecule is O=C1C2CC3C(=CCC4C(=O)N(C5CCN(Cc6ccccc6)CC5)C(=O)C43)C(c3ccc(CO)o3)C2(c2ccccc2)C(=O)N1c1cccc(Cl)c1. The number of allylic oxidation sites excluding steroid dienone is 2. The molecule has 270 valence electrons. The van der Waals surface area contributed by atoms with Crippen molar-refractivity contribution in [2.45, 2.75) is 56.2 Å². The molecule has 10 heteroatoms. The minimum Gasteiger partial charge on any atom is -0.463 e. The van der Waals surface area contributed by atoms with Crippen molar-refractivity contribution in [1.82, 2.24) is 9.80 Å². The molecule has 4 fully saturated rings. The quantitative estimate of drug-likeness (QED) is 0.177. The molecule has 1 saturated carbocycles. The summed E-state index contributed by atoms with van der Waals surface area (Å²) < 4.78 is 6.29. The molecule has 3 aliphatic heterocycles. The molecule has 0 spiro atoms. The van der Waals surface area contributed by atoms with Gasteiger partial charge in [0.2, 0.25) is 23.6 Å². The van der Waals surface area contributed by atoms with Crippen molar-refractivity contribution in [2.75, 3.05) is 18.0 Å². The van der Waals surface area contributed by atoms with E-state index in [-0.39, 0.29) is 36.8 Å². The monoisotopic (exact) mass is 729 g/mol. The van der Waals surface area contributed by atoms with Gasteiger partial charge in [-0.05, 0) is 73.1 Å². The Balaban J connectivity index is 1.11. The van der Waals surface area contributed by atoms with Gasteiger partial charge in [-0.25, -0.2) is 4.90 Å². The van der Waals surface area contributed by atoms with E-state index in [9.17, 15) is 19.5 Å². The van der Waals surface area contributed by atoms with Gasteiger partial charge in [-0.3, -0.25) is 29.0 Å². The molecule has 2 aliphatic carbocycles. The average molecular weight is 730 g/mol. The molecule has 4 heterocycles. The van der Waals surface area contributed by atoms with E-state index >= 15 is 4.79 Å². The molecule has 0 radical (unpaired) electrons. The number of carbonyl (C=O) groups is 4. The number of likely N-dealkylation sites (tertiary alicyclic amines) is 2. The fourth-order valence-electron chi connectivity index (χ4n) is 10.2. The number of hydrogen-bond donors (Lipinski definition) is 1. The van der Waals surface area contributed by atoms with E-state index in [4.69, 9.17) is 16.0 Å². The van der Waals surface area contributed by atoms with Crippen molar-refractivity contribution in [3.63, 3.8) is 0 Å². The molecule has 1 N–H and O–H groups in total. The van der Waals surface area contributed by atoms with Crippen LogP contribution in [0.1, 0.15) is 54.2 Å². The summed E-state index contributed by atoms with van der Waals surface area (Å²) in [6.45, 7) is 2.05. The van der Waals surface area contributed by atoms with E-state index in [1.807, 2.05) is 54.6 Å². The van der Waals surface area contributed by atoms with E-state index in [0.717, 1.165) is 25.2 Å². The second-order valence-electron chi connectivity index (χ2n) is 15.1. The van der Waals surface area contributed by atoms with Gasteiger partial charge >= 0.3 is 0 Å². The molecular weight excluding hydrogens is 690 g/mol. The molecule has 53 heavy (non-hydrogen) atoms. The number of furan rings is 1. The van der Waals surface area contributed by atoms with Crippen molar-refractivity contribution >= 4 is 40.9 Å². The molecule has 0 bridgehead atoms. The molecule has 4 aromatic rings. The molecule has 1 aromatic heterocycles. The number of nitrogens with zero attached hydrogens (tertiary/aromatic N) is 3. The maximum absolute atomic E-state index is 15.3. The summed E-state index contributed by atoms with van der Waals surface area (Å²) in [4.78, 5) is 64.3. The van der Waals surface area contributed by atoms with Gasteiger partial charge in [-0.2, -0.15) is 0 Å². The largest absolute Gasteiger partial charge is 0.463 e. The van der Waals surface area contributed by atoms with E-state index in [2.05, 4.69) is 17.0 Å². The maximum atomic E-state index is 15.3. The number of rotatable bonds is 7. The molecule has 5 aliphatic rings. The molecule has 3 saturated heterocycles. The molecular formula is C43H40ClN3O6. The highest BCUT2D eigenvalue weighted by atomic mass is 35.5. The Morgan fingerprint density at radius 1 is 0.811 bits per heavy atom. The highest BCUT2D eigenvalue weighted by Gasteiger charge is 2.71. The van der Waals surface area contributed by atoms with E-state index in [1.165, 1.54) is 10.5 Å². The third-order valence-corrected chi connectivity index (χ3v) is 12.7. The third-order valence-electron chi connectivity index (χ3n) is 12.5. The smallest absolute Gasteiger partial charge is 0.246 e. The Hall–Kier alpha value is -4.83. The Morgan fingerprint density at radius 3 is 2.25 bits per heavy atom. The molecule has 6 unspecified atom stereocenters. The van der Waals surface area contributed by atoms with Crippen LogP contribution in [0, 0.1) is 23.7 Å². The highest BCUT2D eigenvalue weighted by Crippen LogP contribution is 2.64. The maximum Gasteiger partial charge on any atom is 0.246 e. The van der Waals surface area contributed by atoms with Gasteiger partial charge in [0.15, 0.2) is 0 Å². The Bertz CT molecular complexity index is 2130. The van der Waals surface area contributed by atoms with Crippen LogP contribution >= 0.6 is 11.6 Å². The summed E-state index contributed by atoms with van der Waals surface area (Å²) in [5.41, 5.74) is 1.69. The Morgan fingerprint density at radius 2 is 1.55 bits per heavy atom. The number of amides is 4. The number of fused-ring (bicyclic) bond motifs is 4. The lowest BCUT2D eigenvalue weighted by molar-refractivity contribution is -0.144. The van der Waals surface area contributed by atoms with Crippen LogP contribution in [0.15, 0.2) is 113 Å². The summed E-state index contributed by atoms with van der Waals surface area (Å²) in [7, 11) is 0. The number of halogens is 1. The van der Waals surface area contributed by atoms with Gasteiger partial charge in [-0.15, -0.1) is 0 Å². The fraction of sp³-hybridized carbons (Fsp3) is 0.349. The Labute approximate surface area is 312 Å². The number of aliphatic hydroxyl groups is 1. The zero-order valence-electron chi connectivity index (χ0n) is 29.1. The number of hydrogen-bond acceptors (Lipinski definition) is 7. The highest BCUT2D eigenvalue weighted by molar-refractivity contribution is 6.32. The van der Waals surface area contributed by atoms with Gasteiger partial charge in [0.1, 0.15) is 23.5 Å². The minimum atomic E-state index is -1.42. The number of anilines is 1. The summed E-state index contributed by atoms with van der Waals surface area (Å²) in [5, 5.41) is 10.4. The zero-order chi connectivity index (χ0) is 36.4. The van der Waals surface area contributed by atoms with Crippen LogP contribution in [0.5, 0.6) is 0 Å². The summed E-state index contributed by atoms with van der Waals surface area (Å²) in [6, 6.07) is 29.6. The standard InChI is InChI=1S/C43H40ClN3O6/c44-28-12-7-13-30(22-28)47-40(50)35-23-34-32(38(36-17-14-31(25-48)53-36)43(35,42(47)52)27-10-5-2-6-11-27)15-16-33-37(34)41(51)46(39(33)49)29-18-20-45(21-19-29)24-26-8-3-1-4-9-26/h1-15,17,22,29,33-35,37-38,48H,16,18-21,23-25H2. The summed E-state index contributed by atoms with van der Waals surface area (Å²) >= 11 is 6.40. The van der Waals surface area contributed by atoms with Crippen molar-refractivity contribution in [1.29, 1.82) is 0 Å². The lowest BCUT2D eigenvalue weighted by Crippen LogP contribution is -2.53. The number of benzene rings is 3. The van der Waals surface area contributed by atoms with E-state index < -0.39 is 40.9 Å². The first-order chi connectivity index (χ1) is 25.8. The van der Waals surface area contributed by atoms with Crippen LogP contribution in [-0.4, -0.2) is 57.7 Å². The van der Waals surface area contributed by atoms with Gasteiger partial charge in [0.25, 0.3) is 0 Å². The fourth-order valence-corrected chi connectivity index (χ4v) is 10.4. The van der Waals surface area contributed by atoms with Crippen molar-refractivity contribution in [3.05, 3.63) is 136 Å². The van der Waals surface area contributed by atoms with Crippen LogP contribution in [0.3, 0.4) is 0 Å². The average Bonchev–Trinajstić information content (AvgIpc) is 3.83. The van der Waals surface area contributed by atoms with Gasteiger partial charge in [0, 0.05) is 30.7 Å². The van der Waals surface area contributed by atoms with Crippen LogP contribution in [0.4, 0.5) is 5.69 Å². The second kappa shape index (κ2) is 13.2. The Kier molecular flexibility index (Phi) is 8.48. The van der Waals surface area contributed by atoms with Crippen LogP contribution in [-0.2, 0) is 37.7 Å².